The minimum atomic E-state index is -0.0680. The van der Waals surface area contributed by atoms with Crippen molar-refractivity contribution >= 4 is 17.0 Å². The van der Waals surface area contributed by atoms with Gasteiger partial charge >= 0.3 is 0 Å². The number of rotatable bonds is 1. The van der Waals surface area contributed by atoms with Crippen LogP contribution >= 0.6 is 0 Å². The van der Waals surface area contributed by atoms with E-state index in [4.69, 9.17) is 5.84 Å². The fourth-order valence-electron chi connectivity index (χ4n) is 1.60. The zero-order valence-corrected chi connectivity index (χ0v) is 9.94. The maximum Gasteiger partial charge on any atom is 0.172 e. The van der Waals surface area contributed by atoms with Crippen molar-refractivity contribution in [3.05, 3.63) is 12.2 Å². The summed E-state index contributed by atoms with van der Waals surface area (Å²) in [7, 11) is 0. The van der Waals surface area contributed by atoms with Crippen LogP contribution in [0.4, 0.5) is 5.82 Å². The largest absolute Gasteiger partial charge is 0.310 e. The second-order valence-corrected chi connectivity index (χ2v) is 4.72. The Bertz CT molecular complexity index is 522. The van der Waals surface area contributed by atoms with Gasteiger partial charge in [-0.3, -0.25) is 0 Å². The number of nitrogens with two attached hydrogens (primary N) is 1. The van der Waals surface area contributed by atoms with E-state index in [0.29, 0.717) is 17.2 Å². The molecule has 6 heteroatoms. The minimum Gasteiger partial charge on any atom is -0.310 e. The van der Waals surface area contributed by atoms with Crippen LogP contribution in [0.5, 0.6) is 0 Å². The number of nitrogen functional groups attached to an aromatic ring is 1. The highest BCUT2D eigenvalue weighted by molar-refractivity contribution is 5.82. The van der Waals surface area contributed by atoms with Gasteiger partial charge in [0.15, 0.2) is 17.0 Å². The summed E-state index contributed by atoms with van der Waals surface area (Å²) in [5.74, 6) is 6.65. The van der Waals surface area contributed by atoms with Crippen LogP contribution in [0.1, 0.15) is 26.6 Å². The molecule has 2 heterocycles. The molecule has 2 rings (SSSR count). The summed E-state index contributed by atoms with van der Waals surface area (Å²) >= 11 is 0. The summed E-state index contributed by atoms with van der Waals surface area (Å²) in [6.45, 7) is 8.13. The lowest BCUT2D eigenvalue weighted by Crippen LogP contribution is -2.21. The van der Waals surface area contributed by atoms with Crippen molar-refractivity contribution in [2.75, 3.05) is 5.43 Å². The molecule has 0 saturated heterocycles. The topological polar surface area (TPSA) is 81.6 Å². The average Bonchev–Trinajstić information content (AvgIpc) is 2.58. The summed E-state index contributed by atoms with van der Waals surface area (Å²) in [6, 6.07) is 0. The summed E-state index contributed by atoms with van der Waals surface area (Å²) < 4.78 is 2.01. The number of hydrogen-bond acceptors (Lipinski definition) is 5. The standard InChI is InChI=1S/C10H16N6/c1-6-13-8(15-11)7-9(14-6)16(5-12-7)10(2,3)4/h5H,11H2,1-4H3,(H,13,14,15). The number of hydrazine groups is 1. The monoisotopic (exact) mass is 220 g/mol. The second-order valence-electron chi connectivity index (χ2n) is 4.72. The maximum absolute atomic E-state index is 5.41. The molecule has 6 nitrogen and oxygen atoms in total. The number of imidazole rings is 1. The maximum atomic E-state index is 5.41. The third kappa shape index (κ3) is 1.61. The number of aryl methyl sites for hydroxylation is 1. The molecular weight excluding hydrogens is 204 g/mol. The van der Waals surface area contributed by atoms with Gasteiger partial charge in [0.1, 0.15) is 5.82 Å². The second kappa shape index (κ2) is 3.41. The number of hydrogen-bond donors (Lipinski definition) is 2. The molecule has 0 amide bonds. The van der Waals surface area contributed by atoms with E-state index in [2.05, 4.69) is 41.1 Å². The van der Waals surface area contributed by atoms with E-state index in [0.717, 1.165) is 5.65 Å². The van der Waals surface area contributed by atoms with Crippen molar-refractivity contribution in [2.24, 2.45) is 5.84 Å². The molecule has 0 spiro atoms. The van der Waals surface area contributed by atoms with Crippen LogP contribution in [0.2, 0.25) is 0 Å². The van der Waals surface area contributed by atoms with Crippen LogP contribution in [-0.4, -0.2) is 19.5 Å². The Balaban J connectivity index is 2.77. The zero-order chi connectivity index (χ0) is 11.9. The predicted molar refractivity (Wildman–Crippen MR) is 62.9 cm³/mol. The van der Waals surface area contributed by atoms with Crippen LogP contribution in [0.25, 0.3) is 11.2 Å². The van der Waals surface area contributed by atoms with E-state index in [1.165, 1.54) is 0 Å². The average molecular weight is 220 g/mol. The quantitative estimate of drug-likeness (QED) is 0.557. The number of fused-ring (bicyclic) bond motifs is 1. The van der Waals surface area contributed by atoms with E-state index in [9.17, 15) is 0 Å². The molecule has 0 fully saturated rings. The molecule has 3 N–H and O–H groups in total. The highest BCUT2D eigenvalue weighted by Gasteiger charge is 2.19. The first kappa shape index (κ1) is 10.8. The molecule has 0 atom stereocenters. The number of nitrogens with one attached hydrogen (secondary N) is 1. The fourth-order valence-corrected chi connectivity index (χ4v) is 1.60. The van der Waals surface area contributed by atoms with Gasteiger partial charge in [0.2, 0.25) is 0 Å². The summed E-state index contributed by atoms with van der Waals surface area (Å²) in [6.07, 6.45) is 1.76. The van der Waals surface area contributed by atoms with E-state index in [-0.39, 0.29) is 5.54 Å². The fraction of sp³-hybridized carbons (Fsp3) is 0.500. The van der Waals surface area contributed by atoms with Gasteiger partial charge in [-0.1, -0.05) is 0 Å². The van der Waals surface area contributed by atoms with Crippen molar-refractivity contribution in [2.45, 2.75) is 33.2 Å². The van der Waals surface area contributed by atoms with Crippen LogP contribution in [0.3, 0.4) is 0 Å². The van der Waals surface area contributed by atoms with Gasteiger partial charge in [-0.15, -0.1) is 0 Å². The molecule has 0 bridgehead atoms. The lowest BCUT2D eigenvalue weighted by atomic mass is 10.1. The molecule has 2 aromatic heterocycles. The van der Waals surface area contributed by atoms with Gasteiger partial charge < -0.3 is 9.99 Å². The minimum absolute atomic E-state index is 0.0680. The number of anilines is 1. The molecule has 0 aromatic carbocycles. The first-order valence-corrected chi connectivity index (χ1v) is 5.12. The predicted octanol–water partition coefficient (Wildman–Crippen LogP) is 1.18. The first-order valence-electron chi connectivity index (χ1n) is 5.12. The van der Waals surface area contributed by atoms with E-state index < -0.39 is 0 Å². The lowest BCUT2D eigenvalue weighted by molar-refractivity contribution is 0.406. The summed E-state index contributed by atoms with van der Waals surface area (Å²) in [4.78, 5) is 12.9. The molecule has 0 radical (unpaired) electrons. The molecular formula is C10H16N6. The van der Waals surface area contributed by atoms with Crippen molar-refractivity contribution in [3.8, 4) is 0 Å². The van der Waals surface area contributed by atoms with Crippen molar-refractivity contribution < 1.29 is 0 Å². The van der Waals surface area contributed by atoms with Gasteiger partial charge in [-0.25, -0.2) is 20.8 Å². The first-order chi connectivity index (χ1) is 7.43. The Morgan fingerprint density at radius 1 is 1.31 bits per heavy atom. The van der Waals surface area contributed by atoms with Crippen LogP contribution in [-0.2, 0) is 5.54 Å². The Kier molecular flexibility index (Phi) is 2.31. The molecule has 0 aliphatic rings. The molecule has 86 valence electrons. The molecule has 0 unspecified atom stereocenters. The molecule has 16 heavy (non-hydrogen) atoms. The van der Waals surface area contributed by atoms with E-state index in [1.54, 1.807) is 6.33 Å². The van der Waals surface area contributed by atoms with Crippen LogP contribution in [0, 0.1) is 6.92 Å². The number of nitrogens with zero attached hydrogens (tertiary/aromatic N) is 4. The van der Waals surface area contributed by atoms with Crippen LogP contribution in [0.15, 0.2) is 6.33 Å². The molecule has 2 aromatic rings. The zero-order valence-electron chi connectivity index (χ0n) is 9.94. The lowest BCUT2D eigenvalue weighted by Gasteiger charge is -2.21. The number of aromatic nitrogens is 4. The highest BCUT2D eigenvalue weighted by Crippen LogP contribution is 2.23. The van der Waals surface area contributed by atoms with E-state index in [1.807, 2.05) is 11.5 Å². The SMILES string of the molecule is Cc1nc(NN)c2ncn(C(C)(C)C)c2n1. The Morgan fingerprint density at radius 2 is 2.00 bits per heavy atom. The van der Waals surface area contributed by atoms with Crippen molar-refractivity contribution in [1.29, 1.82) is 0 Å². The Morgan fingerprint density at radius 3 is 2.56 bits per heavy atom. The molecule has 0 aliphatic carbocycles. The van der Waals surface area contributed by atoms with Gasteiger partial charge in [0, 0.05) is 5.54 Å². The third-order valence-electron chi connectivity index (χ3n) is 2.37. The van der Waals surface area contributed by atoms with Gasteiger partial charge in [-0.05, 0) is 27.7 Å². The van der Waals surface area contributed by atoms with Crippen molar-refractivity contribution in [3.63, 3.8) is 0 Å². The van der Waals surface area contributed by atoms with Gasteiger partial charge in [0.05, 0.1) is 6.33 Å². The van der Waals surface area contributed by atoms with Crippen LogP contribution < -0.4 is 11.3 Å². The van der Waals surface area contributed by atoms with Crippen molar-refractivity contribution in [1.82, 2.24) is 19.5 Å². The summed E-state index contributed by atoms with van der Waals surface area (Å²) in [5.41, 5.74) is 3.98. The third-order valence-corrected chi connectivity index (χ3v) is 2.37. The summed E-state index contributed by atoms with van der Waals surface area (Å²) in [5, 5.41) is 0. The van der Waals surface area contributed by atoms with E-state index >= 15 is 0 Å². The Labute approximate surface area is 93.9 Å². The normalized spacial score (nSPS) is 12.1. The Hall–Kier alpha value is -1.69. The molecule has 0 aliphatic heterocycles. The molecule has 0 saturated carbocycles. The smallest absolute Gasteiger partial charge is 0.172 e. The van der Waals surface area contributed by atoms with Gasteiger partial charge in [-0.2, -0.15) is 0 Å². The van der Waals surface area contributed by atoms with Gasteiger partial charge in [0.25, 0.3) is 0 Å². The highest BCUT2D eigenvalue weighted by atomic mass is 15.3.